The van der Waals surface area contributed by atoms with E-state index in [2.05, 4.69) is 30.0 Å². The highest BCUT2D eigenvalue weighted by atomic mass is 32.1. The second-order valence-corrected chi connectivity index (χ2v) is 7.03. The fraction of sp³-hybridized carbons (Fsp3) is 0.294. The van der Waals surface area contributed by atoms with Gasteiger partial charge in [0.05, 0.1) is 6.33 Å². The molecule has 0 radical (unpaired) electrons. The van der Waals surface area contributed by atoms with Crippen LogP contribution in [0.3, 0.4) is 0 Å². The maximum Gasteiger partial charge on any atom is 0.186 e. The highest BCUT2D eigenvalue weighted by Gasteiger charge is 2.26. The second-order valence-electron chi connectivity index (χ2n) is 6.25. The van der Waals surface area contributed by atoms with Crippen LogP contribution in [0.4, 0.5) is 5.82 Å². The van der Waals surface area contributed by atoms with E-state index >= 15 is 0 Å². The number of thiophene rings is 1. The summed E-state index contributed by atoms with van der Waals surface area (Å²) in [5, 5.41) is 17.5. The molecule has 0 aliphatic carbocycles. The number of imidazole rings is 1. The van der Waals surface area contributed by atoms with Gasteiger partial charge in [-0.25, -0.2) is 4.98 Å². The molecule has 0 saturated carbocycles. The Morgan fingerprint density at radius 3 is 3.04 bits per heavy atom. The number of aromatic nitrogens is 6. The first-order chi connectivity index (χ1) is 12.4. The Kier molecular flexibility index (Phi) is 3.48. The Hall–Kier alpha value is -2.74. The van der Waals surface area contributed by atoms with Crippen LogP contribution < -0.4 is 4.90 Å². The van der Waals surface area contributed by atoms with Crippen LogP contribution in [0.2, 0.25) is 0 Å². The van der Waals surface area contributed by atoms with Gasteiger partial charge in [-0.15, -0.1) is 15.3 Å². The van der Waals surface area contributed by atoms with Crippen molar-refractivity contribution in [3.63, 3.8) is 0 Å². The summed E-state index contributed by atoms with van der Waals surface area (Å²) < 4.78 is 3.99. The quantitative estimate of drug-likeness (QED) is 0.566. The Labute approximate surface area is 148 Å². The smallest absolute Gasteiger partial charge is 0.186 e. The van der Waals surface area contributed by atoms with Crippen molar-refractivity contribution >= 4 is 22.8 Å². The van der Waals surface area contributed by atoms with E-state index in [9.17, 15) is 0 Å². The normalized spacial score (nSPS) is 17.6. The van der Waals surface area contributed by atoms with E-state index in [1.807, 2.05) is 46.8 Å². The molecule has 1 aliphatic rings. The summed E-state index contributed by atoms with van der Waals surface area (Å²) in [5.41, 5.74) is 1.83. The van der Waals surface area contributed by atoms with Gasteiger partial charge >= 0.3 is 0 Å². The highest BCUT2D eigenvalue weighted by molar-refractivity contribution is 7.08. The summed E-state index contributed by atoms with van der Waals surface area (Å²) in [4.78, 5) is 6.53. The van der Waals surface area contributed by atoms with Crippen molar-refractivity contribution in [2.75, 3.05) is 11.4 Å². The molecule has 25 heavy (non-hydrogen) atoms. The van der Waals surface area contributed by atoms with Crippen molar-refractivity contribution in [2.45, 2.75) is 25.4 Å². The van der Waals surface area contributed by atoms with Gasteiger partial charge in [-0.1, -0.05) is 0 Å². The first kappa shape index (κ1) is 14.6. The van der Waals surface area contributed by atoms with E-state index in [0.29, 0.717) is 6.04 Å². The van der Waals surface area contributed by atoms with Gasteiger partial charge in [-0.2, -0.15) is 15.9 Å². The van der Waals surface area contributed by atoms with E-state index in [1.165, 1.54) is 6.42 Å². The summed E-state index contributed by atoms with van der Waals surface area (Å²) in [7, 11) is 0. The molecule has 1 unspecified atom stereocenters. The van der Waals surface area contributed by atoms with Gasteiger partial charge in [-0.3, -0.25) is 0 Å². The molecule has 0 amide bonds. The third-order valence-corrected chi connectivity index (χ3v) is 5.36. The van der Waals surface area contributed by atoms with Crippen LogP contribution in [0.15, 0.2) is 47.7 Å². The van der Waals surface area contributed by atoms with Gasteiger partial charge in [0.25, 0.3) is 0 Å². The first-order valence-electron chi connectivity index (χ1n) is 8.36. The van der Waals surface area contributed by atoms with Crippen LogP contribution in [0.1, 0.15) is 12.8 Å². The monoisotopic (exact) mass is 351 g/mol. The summed E-state index contributed by atoms with van der Waals surface area (Å²) in [6.45, 7) is 1.95. The Morgan fingerprint density at radius 1 is 1.20 bits per heavy atom. The number of anilines is 1. The minimum Gasteiger partial charge on any atom is -0.350 e. The van der Waals surface area contributed by atoms with Crippen LogP contribution in [0.25, 0.3) is 17.0 Å². The molecule has 1 fully saturated rings. The molecular formula is C17H17N7S. The van der Waals surface area contributed by atoms with Crippen LogP contribution in [-0.4, -0.2) is 41.9 Å². The first-order valence-corrected chi connectivity index (χ1v) is 9.30. The molecule has 1 atom stereocenters. The highest BCUT2D eigenvalue weighted by Crippen LogP contribution is 2.26. The number of hydrogen-bond donors (Lipinski definition) is 0. The average Bonchev–Trinajstić information content (AvgIpc) is 3.41. The SMILES string of the molecule is c1cn(CC2CCCN2c2ccc3nnc(-c4ccsc4)n3n2)cn1. The van der Waals surface area contributed by atoms with Gasteiger partial charge in [-0.05, 0) is 36.4 Å². The van der Waals surface area contributed by atoms with Crippen molar-refractivity contribution in [2.24, 2.45) is 0 Å². The lowest BCUT2D eigenvalue weighted by molar-refractivity contribution is 0.545. The van der Waals surface area contributed by atoms with Crippen molar-refractivity contribution in [1.82, 2.24) is 29.4 Å². The zero-order valence-electron chi connectivity index (χ0n) is 13.6. The van der Waals surface area contributed by atoms with E-state index in [1.54, 1.807) is 11.3 Å². The molecule has 1 saturated heterocycles. The molecule has 4 aromatic rings. The Morgan fingerprint density at radius 2 is 2.20 bits per heavy atom. The predicted octanol–water partition coefficient (Wildman–Crippen LogP) is 2.72. The van der Waals surface area contributed by atoms with Crippen molar-refractivity contribution < 1.29 is 0 Å². The molecule has 0 N–H and O–H groups in total. The van der Waals surface area contributed by atoms with Gasteiger partial charge < -0.3 is 9.47 Å². The molecule has 126 valence electrons. The topological polar surface area (TPSA) is 64.1 Å². The van der Waals surface area contributed by atoms with Crippen LogP contribution in [0.5, 0.6) is 0 Å². The standard InChI is InChI=1S/C17H17N7S/c1-2-14(10-22-8-6-18-12-22)23(7-1)16-4-3-15-19-20-17(24(15)21-16)13-5-9-25-11-13/h3-6,8-9,11-12,14H,1-2,7,10H2. The fourth-order valence-electron chi connectivity index (χ4n) is 3.47. The van der Waals surface area contributed by atoms with Crippen LogP contribution >= 0.6 is 11.3 Å². The molecular weight excluding hydrogens is 334 g/mol. The largest absolute Gasteiger partial charge is 0.350 e. The Balaban J connectivity index is 1.50. The molecule has 5 heterocycles. The van der Waals surface area contributed by atoms with E-state index in [-0.39, 0.29) is 0 Å². The molecule has 0 bridgehead atoms. The van der Waals surface area contributed by atoms with Crippen LogP contribution in [-0.2, 0) is 6.54 Å². The predicted molar refractivity (Wildman–Crippen MR) is 96.7 cm³/mol. The number of hydrogen-bond acceptors (Lipinski definition) is 6. The van der Waals surface area contributed by atoms with Crippen molar-refractivity contribution in [3.05, 3.63) is 47.7 Å². The zero-order chi connectivity index (χ0) is 16.6. The van der Waals surface area contributed by atoms with Gasteiger partial charge in [0.15, 0.2) is 11.5 Å². The van der Waals surface area contributed by atoms with Gasteiger partial charge in [0.1, 0.15) is 5.82 Å². The molecule has 0 aromatic carbocycles. The molecule has 7 nitrogen and oxygen atoms in total. The number of rotatable bonds is 4. The summed E-state index contributed by atoms with van der Waals surface area (Å²) >= 11 is 1.65. The Bertz CT molecular complexity index is 974. The summed E-state index contributed by atoms with van der Waals surface area (Å²) in [5.74, 6) is 1.77. The molecule has 8 heteroatoms. The molecule has 0 spiro atoms. The number of nitrogens with zero attached hydrogens (tertiary/aromatic N) is 7. The maximum absolute atomic E-state index is 4.85. The fourth-order valence-corrected chi connectivity index (χ4v) is 4.10. The van der Waals surface area contributed by atoms with Gasteiger partial charge in [0, 0.05) is 42.5 Å². The lowest BCUT2D eigenvalue weighted by Gasteiger charge is -2.25. The van der Waals surface area contributed by atoms with Gasteiger partial charge in [0.2, 0.25) is 0 Å². The summed E-state index contributed by atoms with van der Waals surface area (Å²) in [6.07, 6.45) is 8.06. The third kappa shape index (κ3) is 2.58. The minimum atomic E-state index is 0.431. The lowest BCUT2D eigenvalue weighted by Crippen LogP contribution is -2.33. The van der Waals surface area contributed by atoms with E-state index in [0.717, 1.165) is 42.4 Å². The van der Waals surface area contributed by atoms with Crippen molar-refractivity contribution in [3.8, 4) is 11.4 Å². The minimum absolute atomic E-state index is 0.431. The number of fused-ring (bicyclic) bond motifs is 1. The lowest BCUT2D eigenvalue weighted by atomic mass is 10.2. The van der Waals surface area contributed by atoms with E-state index < -0.39 is 0 Å². The third-order valence-electron chi connectivity index (χ3n) is 4.68. The van der Waals surface area contributed by atoms with E-state index in [4.69, 9.17) is 5.10 Å². The van der Waals surface area contributed by atoms with Crippen LogP contribution in [0, 0.1) is 0 Å². The molecule has 4 aromatic heterocycles. The molecule has 5 rings (SSSR count). The maximum atomic E-state index is 4.85. The average molecular weight is 351 g/mol. The molecule has 1 aliphatic heterocycles. The zero-order valence-corrected chi connectivity index (χ0v) is 14.4. The summed E-state index contributed by atoms with van der Waals surface area (Å²) in [6, 6.07) is 6.53. The van der Waals surface area contributed by atoms with Crippen molar-refractivity contribution in [1.29, 1.82) is 0 Å². The second kappa shape index (κ2) is 5.96.